The molecule has 1 atom stereocenters. The van der Waals surface area contributed by atoms with E-state index in [0.29, 0.717) is 12.2 Å². The van der Waals surface area contributed by atoms with Gasteiger partial charge in [-0.05, 0) is 48.9 Å². The minimum absolute atomic E-state index is 0.261. The van der Waals surface area contributed by atoms with E-state index in [4.69, 9.17) is 11.2 Å². The summed E-state index contributed by atoms with van der Waals surface area (Å²) in [7, 11) is 0. The standard InChI is InChI=1S/C18H22O2S/c1-6-13(4)21-14(5)16-9-15(7-2)10-18(11-16)20-12-17(19)8-3/h2,6,9-11,17,19H,5,8,12H2,1,3-4H3/b13-6-/t17-/m1/s1. The second kappa shape index (κ2) is 8.61. The Morgan fingerprint density at radius 2 is 2.24 bits per heavy atom. The summed E-state index contributed by atoms with van der Waals surface area (Å²) < 4.78 is 5.61. The molecule has 1 rings (SSSR count). The van der Waals surface area contributed by atoms with E-state index in [1.54, 1.807) is 17.8 Å². The first-order chi connectivity index (χ1) is 9.99. The zero-order chi connectivity index (χ0) is 15.8. The topological polar surface area (TPSA) is 29.5 Å². The van der Waals surface area contributed by atoms with Gasteiger partial charge in [0.25, 0.3) is 0 Å². The van der Waals surface area contributed by atoms with Crippen molar-refractivity contribution in [3.63, 3.8) is 0 Å². The summed E-state index contributed by atoms with van der Waals surface area (Å²) >= 11 is 1.60. The molecule has 0 amide bonds. The molecule has 0 aromatic heterocycles. The lowest BCUT2D eigenvalue weighted by Gasteiger charge is -2.13. The highest BCUT2D eigenvalue weighted by molar-refractivity contribution is 8.11. The highest BCUT2D eigenvalue weighted by Crippen LogP contribution is 2.33. The van der Waals surface area contributed by atoms with E-state index < -0.39 is 6.10 Å². The molecule has 21 heavy (non-hydrogen) atoms. The molecule has 0 spiro atoms. The molecule has 0 radical (unpaired) electrons. The average molecular weight is 302 g/mol. The molecular formula is C18H22O2S. The first-order valence-corrected chi connectivity index (χ1v) is 7.74. The molecule has 0 aliphatic rings. The number of hydrogen-bond donors (Lipinski definition) is 1. The summed E-state index contributed by atoms with van der Waals surface area (Å²) in [5.74, 6) is 3.28. The molecule has 1 N–H and O–H groups in total. The number of aliphatic hydroxyl groups is 1. The Morgan fingerprint density at radius 3 is 2.81 bits per heavy atom. The van der Waals surface area contributed by atoms with Crippen LogP contribution in [-0.4, -0.2) is 17.8 Å². The molecule has 0 saturated carbocycles. The van der Waals surface area contributed by atoms with Gasteiger partial charge in [0.1, 0.15) is 12.4 Å². The van der Waals surface area contributed by atoms with E-state index in [1.165, 1.54) is 4.91 Å². The van der Waals surface area contributed by atoms with Crippen LogP contribution in [0.4, 0.5) is 0 Å². The van der Waals surface area contributed by atoms with Gasteiger partial charge in [-0.1, -0.05) is 37.3 Å². The third kappa shape index (κ3) is 5.71. The highest BCUT2D eigenvalue weighted by atomic mass is 32.2. The van der Waals surface area contributed by atoms with E-state index in [1.807, 2.05) is 39.0 Å². The Morgan fingerprint density at radius 1 is 1.52 bits per heavy atom. The van der Waals surface area contributed by atoms with Crippen LogP contribution in [0.2, 0.25) is 0 Å². The van der Waals surface area contributed by atoms with E-state index in [2.05, 4.69) is 12.5 Å². The molecule has 2 nitrogen and oxygen atoms in total. The van der Waals surface area contributed by atoms with E-state index >= 15 is 0 Å². The van der Waals surface area contributed by atoms with Crippen molar-refractivity contribution in [1.29, 1.82) is 0 Å². The van der Waals surface area contributed by atoms with Crippen LogP contribution in [0.1, 0.15) is 38.3 Å². The van der Waals surface area contributed by atoms with Crippen LogP contribution < -0.4 is 4.74 Å². The first-order valence-electron chi connectivity index (χ1n) is 6.92. The number of hydrogen-bond acceptors (Lipinski definition) is 3. The maximum atomic E-state index is 9.58. The molecule has 0 aliphatic heterocycles. The number of thioether (sulfide) groups is 1. The zero-order valence-corrected chi connectivity index (χ0v) is 13.7. The Balaban J connectivity index is 2.95. The van der Waals surface area contributed by atoms with Gasteiger partial charge < -0.3 is 9.84 Å². The fourth-order valence-corrected chi connectivity index (χ4v) is 2.29. The molecule has 1 aromatic carbocycles. The second-order valence-corrected chi connectivity index (χ2v) is 6.03. The largest absolute Gasteiger partial charge is 0.491 e. The van der Waals surface area contributed by atoms with Crippen LogP contribution in [0.15, 0.2) is 35.8 Å². The van der Waals surface area contributed by atoms with Crippen molar-refractivity contribution in [2.24, 2.45) is 0 Å². The molecule has 3 heteroatoms. The summed E-state index contributed by atoms with van der Waals surface area (Å²) in [6.45, 7) is 10.3. The van der Waals surface area contributed by atoms with Gasteiger partial charge in [-0.15, -0.1) is 6.42 Å². The van der Waals surface area contributed by atoms with E-state index in [0.717, 1.165) is 16.0 Å². The molecule has 0 fully saturated rings. The quantitative estimate of drug-likeness (QED) is 0.755. The second-order valence-electron chi connectivity index (χ2n) is 4.69. The van der Waals surface area contributed by atoms with Gasteiger partial charge in [-0.25, -0.2) is 0 Å². The van der Waals surface area contributed by atoms with Gasteiger partial charge in [0, 0.05) is 10.5 Å². The van der Waals surface area contributed by atoms with E-state index in [9.17, 15) is 5.11 Å². The Labute approximate surface area is 131 Å². The maximum absolute atomic E-state index is 9.58. The molecule has 0 aliphatic carbocycles. The number of allylic oxidation sites excluding steroid dienone is 2. The highest BCUT2D eigenvalue weighted by Gasteiger charge is 2.07. The van der Waals surface area contributed by atoms with Crippen molar-refractivity contribution >= 4 is 16.7 Å². The molecule has 112 valence electrons. The molecule has 0 saturated heterocycles. The summed E-state index contributed by atoms with van der Waals surface area (Å²) in [5, 5.41) is 9.58. The predicted octanol–water partition coefficient (Wildman–Crippen LogP) is 4.45. The average Bonchev–Trinajstić information content (AvgIpc) is 2.51. The normalized spacial score (nSPS) is 12.6. The zero-order valence-electron chi connectivity index (χ0n) is 12.8. The summed E-state index contributed by atoms with van der Waals surface area (Å²) in [5.41, 5.74) is 1.69. The SMILES string of the molecule is C#Cc1cc(OC[C@H](O)CC)cc(C(=C)S/C(C)=C\C)c1. The van der Waals surface area contributed by atoms with Crippen LogP contribution >= 0.6 is 11.8 Å². The van der Waals surface area contributed by atoms with Gasteiger partial charge in [0.2, 0.25) is 0 Å². The van der Waals surface area contributed by atoms with Crippen LogP contribution in [0.3, 0.4) is 0 Å². The molecule has 0 bridgehead atoms. The number of benzene rings is 1. The number of rotatable bonds is 7. The molecular weight excluding hydrogens is 280 g/mol. The van der Waals surface area contributed by atoms with Crippen LogP contribution in [-0.2, 0) is 0 Å². The van der Waals surface area contributed by atoms with Crippen molar-refractivity contribution < 1.29 is 9.84 Å². The predicted molar refractivity (Wildman–Crippen MR) is 92.2 cm³/mol. The number of terminal acetylenes is 1. The minimum Gasteiger partial charge on any atom is -0.491 e. The molecule has 1 aromatic rings. The van der Waals surface area contributed by atoms with Crippen molar-refractivity contribution in [2.45, 2.75) is 33.3 Å². The van der Waals surface area contributed by atoms with Crippen molar-refractivity contribution in [2.75, 3.05) is 6.61 Å². The van der Waals surface area contributed by atoms with Crippen molar-refractivity contribution in [1.82, 2.24) is 0 Å². The first kappa shape index (κ1) is 17.4. The van der Waals surface area contributed by atoms with Crippen LogP contribution in [0, 0.1) is 12.3 Å². The third-order valence-electron chi connectivity index (χ3n) is 3.00. The van der Waals surface area contributed by atoms with Gasteiger partial charge in [-0.3, -0.25) is 0 Å². The minimum atomic E-state index is -0.467. The fourth-order valence-electron chi connectivity index (χ4n) is 1.55. The molecule has 0 heterocycles. The maximum Gasteiger partial charge on any atom is 0.121 e. The summed E-state index contributed by atoms with van der Waals surface area (Å²) in [6, 6.07) is 5.62. The van der Waals surface area contributed by atoms with Crippen molar-refractivity contribution in [3.8, 4) is 18.1 Å². The van der Waals surface area contributed by atoms with Gasteiger partial charge in [0.05, 0.1) is 6.10 Å². The lowest BCUT2D eigenvalue weighted by Crippen LogP contribution is -2.16. The lowest BCUT2D eigenvalue weighted by molar-refractivity contribution is 0.104. The van der Waals surface area contributed by atoms with Gasteiger partial charge in [-0.2, -0.15) is 0 Å². The Bertz CT molecular complexity index is 567. The number of aliphatic hydroxyl groups excluding tert-OH is 1. The number of ether oxygens (including phenoxy) is 1. The Kier molecular flexibility index (Phi) is 7.14. The fraction of sp³-hybridized carbons (Fsp3) is 0.333. The monoisotopic (exact) mass is 302 g/mol. The smallest absolute Gasteiger partial charge is 0.121 e. The summed E-state index contributed by atoms with van der Waals surface area (Å²) in [6.07, 6.45) is 7.72. The van der Waals surface area contributed by atoms with Crippen LogP contribution in [0.5, 0.6) is 5.75 Å². The van der Waals surface area contributed by atoms with Gasteiger partial charge in [0.15, 0.2) is 0 Å². The Hall–Kier alpha value is -1.63. The van der Waals surface area contributed by atoms with Gasteiger partial charge >= 0.3 is 0 Å². The van der Waals surface area contributed by atoms with Crippen LogP contribution in [0.25, 0.3) is 4.91 Å². The van der Waals surface area contributed by atoms with E-state index in [-0.39, 0.29) is 6.61 Å². The summed E-state index contributed by atoms with van der Waals surface area (Å²) in [4.78, 5) is 2.10. The lowest BCUT2D eigenvalue weighted by atomic mass is 10.1. The molecule has 0 unspecified atom stereocenters. The van der Waals surface area contributed by atoms with Crippen molar-refractivity contribution in [3.05, 3.63) is 46.9 Å². The third-order valence-corrected chi connectivity index (χ3v) is 4.04.